The number of rotatable bonds is 4. The molecule has 0 radical (unpaired) electrons. The Balaban J connectivity index is 0. The summed E-state index contributed by atoms with van der Waals surface area (Å²) in [5, 5.41) is 0. The molecule has 0 aliphatic rings. The zero-order valence-corrected chi connectivity index (χ0v) is 10.6. The van der Waals surface area contributed by atoms with E-state index in [1.54, 1.807) is 0 Å². The summed E-state index contributed by atoms with van der Waals surface area (Å²) in [6, 6.07) is 0. The summed E-state index contributed by atoms with van der Waals surface area (Å²) >= 11 is 3.06. The fourth-order valence-corrected chi connectivity index (χ4v) is 4.80. The Morgan fingerprint density at radius 3 is 1.78 bits per heavy atom. The van der Waals surface area contributed by atoms with Crippen molar-refractivity contribution < 1.29 is 34.5 Å². The Bertz CT molecular complexity index is 51.8. The molecule has 5 heteroatoms. The molecule has 0 aliphatic heterocycles. The third-order valence-corrected chi connectivity index (χ3v) is 6.12. The van der Waals surface area contributed by atoms with Crippen LogP contribution in [0.25, 0.3) is 0 Å². The predicted molar refractivity (Wildman–Crippen MR) is 43.2 cm³/mol. The van der Waals surface area contributed by atoms with Crippen LogP contribution in [0, 0.1) is 0 Å². The molecule has 0 aromatic rings. The SMILES string of the molecule is CCSP([O-])SCC.[Na+]. The van der Waals surface area contributed by atoms with E-state index in [4.69, 9.17) is 0 Å². The first-order chi connectivity index (χ1) is 3.81. The van der Waals surface area contributed by atoms with Crippen molar-refractivity contribution in [2.45, 2.75) is 13.8 Å². The maximum atomic E-state index is 10.7. The van der Waals surface area contributed by atoms with Gasteiger partial charge in [0.2, 0.25) is 0 Å². The second-order valence-corrected chi connectivity index (χ2v) is 7.41. The molecule has 50 valence electrons. The van der Waals surface area contributed by atoms with Crippen LogP contribution in [-0.4, -0.2) is 11.5 Å². The minimum Gasteiger partial charge on any atom is -0.813 e. The van der Waals surface area contributed by atoms with Crippen LogP contribution in [-0.2, 0) is 0 Å². The van der Waals surface area contributed by atoms with Crippen LogP contribution in [0.5, 0.6) is 0 Å². The van der Waals surface area contributed by atoms with Gasteiger partial charge in [0.25, 0.3) is 0 Å². The molecule has 0 atom stereocenters. The predicted octanol–water partition coefficient (Wildman–Crippen LogP) is -0.916. The molecule has 0 aromatic heterocycles. The van der Waals surface area contributed by atoms with Crippen LogP contribution in [0.2, 0.25) is 0 Å². The molecule has 0 bridgehead atoms. The van der Waals surface area contributed by atoms with E-state index in [-0.39, 0.29) is 29.6 Å². The van der Waals surface area contributed by atoms with Gasteiger partial charge in [-0.05, 0) is 11.5 Å². The Morgan fingerprint density at radius 2 is 1.56 bits per heavy atom. The number of hydrogen-bond acceptors (Lipinski definition) is 3. The van der Waals surface area contributed by atoms with Gasteiger partial charge in [-0.2, -0.15) is 0 Å². The van der Waals surface area contributed by atoms with Gasteiger partial charge in [0.05, 0.1) is 0 Å². The third-order valence-electron chi connectivity index (χ3n) is 0.469. The molecule has 0 aromatic carbocycles. The van der Waals surface area contributed by atoms with Gasteiger partial charge >= 0.3 is 29.6 Å². The molecule has 1 nitrogen and oxygen atoms in total. The van der Waals surface area contributed by atoms with Gasteiger partial charge in [-0.3, -0.25) is 0 Å². The topological polar surface area (TPSA) is 23.1 Å². The molecule has 0 fully saturated rings. The molecule has 0 heterocycles. The Hall–Kier alpha value is 2.09. The van der Waals surface area contributed by atoms with Crippen molar-refractivity contribution in [3.05, 3.63) is 0 Å². The van der Waals surface area contributed by atoms with Crippen molar-refractivity contribution in [3.63, 3.8) is 0 Å². The molecule has 0 rings (SSSR count). The minimum atomic E-state index is -0.997. The van der Waals surface area contributed by atoms with Crippen molar-refractivity contribution in [2.75, 3.05) is 11.5 Å². The Morgan fingerprint density at radius 1 is 1.22 bits per heavy atom. The zero-order valence-electron chi connectivity index (χ0n) is 6.09. The number of hydrogen-bond donors (Lipinski definition) is 0. The van der Waals surface area contributed by atoms with Gasteiger partial charge in [0.15, 0.2) is 0 Å². The Kier molecular flexibility index (Phi) is 15.3. The van der Waals surface area contributed by atoms with E-state index >= 15 is 0 Å². The Labute approximate surface area is 88.4 Å². The fourth-order valence-electron chi connectivity index (χ4n) is 0.248. The molecular formula is C4H10NaOPS2. The average molecular weight is 192 g/mol. The van der Waals surface area contributed by atoms with Gasteiger partial charge in [-0.15, -0.1) is 22.8 Å². The van der Waals surface area contributed by atoms with Crippen molar-refractivity contribution >= 4 is 29.3 Å². The zero-order chi connectivity index (χ0) is 6.41. The van der Waals surface area contributed by atoms with Crippen molar-refractivity contribution in [1.82, 2.24) is 0 Å². The van der Waals surface area contributed by atoms with E-state index in [0.717, 1.165) is 11.5 Å². The first-order valence-electron chi connectivity index (χ1n) is 2.54. The van der Waals surface area contributed by atoms with E-state index in [1.165, 1.54) is 22.8 Å². The summed E-state index contributed by atoms with van der Waals surface area (Å²) in [6.45, 7) is 3.05. The summed E-state index contributed by atoms with van der Waals surface area (Å²) in [7, 11) is 0. The molecule has 0 saturated carbocycles. The quantitative estimate of drug-likeness (QED) is 0.425. The molecule has 0 saturated heterocycles. The van der Waals surface area contributed by atoms with E-state index in [0.29, 0.717) is 0 Å². The van der Waals surface area contributed by atoms with Crippen LogP contribution >= 0.6 is 29.3 Å². The van der Waals surface area contributed by atoms with Crippen LogP contribution in [0.4, 0.5) is 0 Å². The largest absolute Gasteiger partial charge is 1.00 e. The normalized spacial score (nSPS) is 9.33. The van der Waals surface area contributed by atoms with Gasteiger partial charge in [-0.1, -0.05) is 20.4 Å². The van der Waals surface area contributed by atoms with Crippen LogP contribution in [0.1, 0.15) is 13.8 Å². The monoisotopic (exact) mass is 192 g/mol. The first kappa shape index (κ1) is 13.7. The second kappa shape index (κ2) is 10.1. The second-order valence-electron chi connectivity index (χ2n) is 1.06. The molecule has 0 aliphatic carbocycles. The average Bonchev–Trinajstić information content (AvgIpc) is 1.68. The third kappa shape index (κ3) is 10.1. The van der Waals surface area contributed by atoms with E-state index in [1.807, 2.05) is 13.8 Å². The standard InChI is InChI=1S/C4H10OPS2.Na/c1-3-7-6(5)8-4-2;/h3-4H2,1-2H3;/q-1;+1. The molecule has 9 heavy (non-hydrogen) atoms. The van der Waals surface area contributed by atoms with Gasteiger partial charge < -0.3 is 4.89 Å². The fraction of sp³-hybridized carbons (Fsp3) is 1.00. The van der Waals surface area contributed by atoms with Crippen LogP contribution in [0.3, 0.4) is 0 Å². The van der Waals surface area contributed by atoms with E-state index in [9.17, 15) is 4.89 Å². The molecule has 0 spiro atoms. The summed E-state index contributed by atoms with van der Waals surface area (Å²) in [5.41, 5.74) is 0. The molecule has 0 amide bonds. The van der Waals surface area contributed by atoms with E-state index in [2.05, 4.69) is 0 Å². The van der Waals surface area contributed by atoms with Gasteiger partial charge in [-0.25, -0.2) is 0 Å². The van der Waals surface area contributed by atoms with E-state index < -0.39 is 6.55 Å². The van der Waals surface area contributed by atoms with Gasteiger partial charge in [0.1, 0.15) is 0 Å². The summed E-state index contributed by atoms with van der Waals surface area (Å²) in [5.74, 6) is 1.92. The van der Waals surface area contributed by atoms with Crippen molar-refractivity contribution in [3.8, 4) is 0 Å². The maximum Gasteiger partial charge on any atom is 1.00 e. The summed E-state index contributed by atoms with van der Waals surface area (Å²) in [4.78, 5) is 10.7. The van der Waals surface area contributed by atoms with Crippen LogP contribution < -0.4 is 34.5 Å². The summed E-state index contributed by atoms with van der Waals surface area (Å²) < 4.78 is 0. The molecular weight excluding hydrogens is 182 g/mol. The van der Waals surface area contributed by atoms with Gasteiger partial charge in [0, 0.05) is 0 Å². The van der Waals surface area contributed by atoms with Crippen molar-refractivity contribution in [2.24, 2.45) is 0 Å². The minimum absolute atomic E-state index is 0. The van der Waals surface area contributed by atoms with Crippen LogP contribution in [0.15, 0.2) is 0 Å². The molecule has 0 unspecified atom stereocenters. The molecule has 0 N–H and O–H groups in total. The first-order valence-corrected chi connectivity index (χ1v) is 6.98. The smallest absolute Gasteiger partial charge is 0.813 e. The van der Waals surface area contributed by atoms with Crippen molar-refractivity contribution in [1.29, 1.82) is 0 Å². The summed E-state index contributed by atoms with van der Waals surface area (Å²) in [6.07, 6.45) is 0. The maximum absolute atomic E-state index is 10.7.